The average Bonchev–Trinajstić information content (AvgIpc) is 2.26. The largest absolute Gasteiger partial charge is 0.508 e. The Bertz CT molecular complexity index is 506. The van der Waals surface area contributed by atoms with Gasteiger partial charge in [0.1, 0.15) is 5.75 Å². The summed E-state index contributed by atoms with van der Waals surface area (Å²) in [5.74, 6) is 0.370. The molecule has 0 spiro atoms. The topological polar surface area (TPSA) is 20.2 Å². The SMILES string of the molecule is Cc1ccc2c(c1)Cc1cc(O)ccc1C2. The summed E-state index contributed by atoms with van der Waals surface area (Å²) in [6, 6.07) is 12.3. The minimum absolute atomic E-state index is 0.370. The molecule has 2 aromatic rings. The van der Waals surface area contributed by atoms with E-state index in [4.69, 9.17) is 0 Å². The van der Waals surface area contributed by atoms with Gasteiger partial charge in [0.05, 0.1) is 0 Å². The van der Waals surface area contributed by atoms with Gasteiger partial charge in [-0.05, 0) is 54.2 Å². The second kappa shape index (κ2) is 3.38. The number of phenols is 1. The molecule has 0 unspecified atom stereocenters. The number of phenolic OH excluding ortho intramolecular Hbond substituents is 1. The van der Waals surface area contributed by atoms with Crippen molar-refractivity contribution in [3.63, 3.8) is 0 Å². The number of fused-ring (bicyclic) bond motifs is 2. The second-order valence-electron chi connectivity index (χ2n) is 4.58. The van der Waals surface area contributed by atoms with Crippen molar-refractivity contribution in [1.29, 1.82) is 0 Å². The quantitative estimate of drug-likeness (QED) is 0.604. The summed E-state index contributed by atoms with van der Waals surface area (Å²) in [4.78, 5) is 0. The van der Waals surface area contributed by atoms with Crippen LogP contribution in [0, 0.1) is 6.92 Å². The number of hydrogen-bond donors (Lipinski definition) is 1. The van der Waals surface area contributed by atoms with Crippen molar-refractivity contribution >= 4 is 0 Å². The molecule has 80 valence electrons. The highest BCUT2D eigenvalue weighted by Gasteiger charge is 2.15. The highest BCUT2D eigenvalue weighted by molar-refractivity contribution is 5.48. The van der Waals surface area contributed by atoms with Crippen LogP contribution in [0.3, 0.4) is 0 Å². The minimum Gasteiger partial charge on any atom is -0.508 e. The van der Waals surface area contributed by atoms with E-state index in [0.717, 1.165) is 12.8 Å². The van der Waals surface area contributed by atoms with Crippen LogP contribution in [0.2, 0.25) is 0 Å². The van der Waals surface area contributed by atoms with E-state index in [-0.39, 0.29) is 0 Å². The maximum Gasteiger partial charge on any atom is 0.115 e. The average molecular weight is 210 g/mol. The first-order valence-electron chi connectivity index (χ1n) is 5.61. The first-order valence-corrected chi connectivity index (χ1v) is 5.61. The van der Waals surface area contributed by atoms with Gasteiger partial charge in [-0.2, -0.15) is 0 Å². The molecule has 1 N–H and O–H groups in total. The van der Waals surface area contributed by atoms with Gasteiger partial charge in [0.15, 0.2) is 0 Å². The number of aromatic hydroxyl groups is 1. The van der Waals surface area contributed by atoms with Crippen molar-refractivity contribution in [3.8, 4) is 5.75 Å². The molecule has 1 aliphatic carbocycles. The lowest BCUT2D eigenvalue weighted by Crippen LogP contribution is -2.07. The fourth-order valence-electron chi connectivity index (χ4n) is 2.45. The van der Waals surface area contributed by atoms with Crippen molar-refractivity contribution in [1.82, 2.24) is 0 Å². The normalized spacial score (nSPS) is 13.1. The zero-order chi connectivity index (χ0) is 11.1. The zero-order valence-corrected chi connectivity index (χ0v) is 9.33. The molecule has 16 heavy (non-hydrogen) atoms. The fraction of sp³-hybridized carbons (Fsp3) is 0.200. The smallest absolute Gasteiger partial charge is 0.115 e. The molecule has 1 heteroatoms. The van der Waals surface area contributed by atoms with E-state index in [1.807, 2.05) is 12.1 Å². The second-order valence-corrected chi connectivity index (χ2v) is 4.58. The van der Waals surface area contributed by atoms with Crippen LogP contribution >= 0.6 is 0 Å². The summed E-state index contributed by atoms with van der Waals surface area (Å²) in [7, 11) is 0. The molecule has 3 rings (SSSR count). The van der Waals surface area contributed by atoms with Crippen molar-refractivity contribution in [2.75, 3.05) is 0 Å². The predicted molar refractivity (Wildman–Crippen MR) is 64.9 cm³/mol. The van der Waals surface area contributed by atoms with Gasteiger partial charge in [-0.25, -0.2) is 0 Å². The Kier molecular flexibility index (Phi) is 2.00. The Balaban J connectivity index is 2.10. The molecule has 0 bridgehead atoms. The lowest BCUT2D eigenvalue weighted by atomic mass is 9.85. The van der Waals surface area contributed by atoms with Gasteiger partial charge in [-0.15, -0.1) is 0 Å². The van der Waals surface area contributed by atoms with E-state index < -0.39 is 0 Å². The Hall–Kier alpha value is -1.76. The molecule has 1 aliphatic rings. The van der Waals surface area contributed by atoms with Crippen LogP contribution in [0.5, 0.6) is 5.75 Å². The lowest BCUT2D eigenvalue weighted by Gasteiger charge is -2.20. The van der Waals surface area contributed by atoms with E-state index in [1.165, 1.54) is 27.8 Å². The van der Waals surface area contributed by atoms with Crippen molar-refractivity contribution < 1.29 is 5.11 Å². The molecule has 1 nitrogen and oxygen atoms in total. The van der Waals surface area contributed by atoms with E-state index >= 15 is 0 Å². The number of benzene rings is 2. The molecule has 0 fully saturated rings. The van der Waals surface area contributed by atoms with Crippen LogP contribution in [-0.2, 0) is 12.8 Å². The van der Waals surface area contributed by atoms with Gasteiger partial charge in [-0.3, -0.25) is 0 Å². The van der Waals surface area contributed by atoms with Gasteiger partial charge in [0.25, 0.3) is 0 Å². The third-order valence-electron chi connectivity index (χ3n) is 3.31. The molecule has 0 radical (unpaired) electrons. The predicted octanol–water partition coefficient (Wildman–Crippen LogP) is 3.20. The summed E-state index contributed by atoms with van der Waals surface area (Å²) in [6.07, 6.45) is 1.94. The van der Waals surface area contributed by atoms with Crippen LogP contribution in [0.4, 0.5) is 0 Å². The highest BCUT2D eigenvalue weighted by atomic mass is 16.3. The monoisotopic (exact) mass is 210 g/mol. The van der Waals surface area contributed by atoms with Crippen molar-refractivity contribution in [2.45, 2.75) is 19.8 Å². The minimum atomic E-state index is 0.370. The van der Waals surface area contributed by atoms with Crippen molar-refractivity contribution in [3.05, 3.63) is 64.2 Å². The number of rotatable bonds is 0. The van der Waals surface area contributed by atoms with E-state index in [1.54, 1.807) is 6.07 Å². The molecule has 0 amide bonds. The molecular weight excluding hydrogens is 196 g/mol. The van der Waals surface area contributed by atoms with Crippen LogP contribution < -0.4 is 0 Å². The van der Waals surface area contributed by atoms with E-state index in [0.29, 0.717) is 5.75 Å². The maximum absolute atomic E-state index is 9.49. The third-order valence-corrected chi connectivity index (χ3v) is 3.31. The van der Waals surface area contributed by atoms with Gasteiger partial charge in [0, 0.05) is 0 Å². The van der Waals surface area contributed by atoms with Gasteiger partial charge < -0.3 is 5.11 Å². The third kappa shape index (κ3) is 1.49. The van der Waals surface area contributed by atoms with Gasteiger partial charge in [0.2, 0.25) is 0 Å². The number of hydrogen-bond acceptors (Lipinski definition) is 1. The van der Waals surface area contributed by atoms with Crippen LogP contribution in [0.1, 0.15) is 27.8 Å². The molecule has 0 aromatic heterocycles. The van der Waals surface area contributed by atoms with Crippen LogP contribution in [0.25, 0.3) is 0 Å². The molecule has 0 aliphatic heterocycles. The van der Waals surface area contributed by atoms with Crippen molar-refractivity contribution in [2.24, 2.45) is 0 Å². The van der Waals surface area contributed by atoms with Gasteiger partial charge >= 0.3 is 0 Å². The standard InChI is InChI=1S/C15H14O/c1-10-2-3-11-7-12-4-5-15(16)9-14(12)8-13(11)6-10/h2-6,9,16H,7-8H2,1H3. The van der Waals surface area contributed by atoms with Crippen LogP contribution in [0.15, 0.2) is 36.4 Å². The molecular formula is C15H14O. The zero-order valence-electron chi connectivity index (χ0n) is 9.33. The fourth-order valence-corrected chi connectivity index (χ4v) is 2.45. The molecule has 0 heterocycles. The Morgan fingerprint density at radius 2 is 1.44 bits per heavy atom. The molecule has 0 saturated carbocycles. The summed E-state index contributed by atoms with van der Waals surface area (Å²) >= 11 is 0. The van der Waals surface area contributed by atoms with E-state index in [2.05, 4.69) is 25.1 Å². The van der Waals surface area contributed by atoms with Gasteiger partial charge in [-0.1, -0.05) is 29.8 Å². The molecule has 0 atom stereocenters. The summed E-state index contributed by atoms with van der Waals surface area (Å²) in [5.41, 5.74) is 6.73. The van der Waals surface area contributed by atoms with Crippen LogP contribution in [-0.4, -0.2) is 5.11 Å². The number of aryl methyl sites for hydroxylation is 1. The molecule has 0 saturated heterocycles. The maximum atomic E-state index is 9.49. The summed E-state index contributed by atoms with van der Waals surface area (Å²) in [6.45, 7) is 2.12. The summed E-state index contributed by atoms with van der Waals surface area (Å²) in [5, 5.41) is 9.49. The first-order chi connectivity index (χ1) is 7.72. The summed E-state index contributed by atoms with van der Waals surface area (Å²) < 4.78 is 0. The lowest BCUT2D eigenvalue weighted by molar-refractivity contribution is 0.474. The Morgan fingerprint density at radius 3 is 2.25 bits per heavy atom. The molecule has 2 aromatic carbocycles. The first kappa shape index (κ1) is 9.46. The van der Waals surface area contributed by atoms with E-state index in [9.17, 15) is 5.11 Å². The Morgan fingerprint density at radius 1 is 0.812 bits per heavy atom. The highest BCUT2D eigenvalue weighted by Crippen LogP contribution is 2.29. The Labute approximate surface area is 95.4 Å².